The molecule has 0 atom stereocenters. The summed E-state index contributed by atoms with van der Waals surface area (Å²) < 4.78 is 13.4. The molecule has 0 unspecified atom stereocenters. The molecule has 3 aromatic rings. The van der Waals surface area contributed by atoms with Crippen LogP contribution in [-0.2, 0) is 0 Å². The van der Waals surface area contributed by atoms with Gasteiger partial charge in [0.2, 0.25) is 0 Å². The first-order chi connectivity index (χ1) is 11.3. The number of fused-ring (bicyclic) bond motifs is 1. The normalized spacial score (nSPS) is 15.2. The van der Waals surface area contributed by atoms with Gasteiger partial charge in [0.1, 0.15) is 23.8 Å². The van der Waals surface area contributed by atoms with Crippen molar-refractivity contribution in [3.63, 3.8) is 0 Å². The number of halogens is 1. The first-order valence-corrected chi connectivity index (χ1v) is 7.62. The predicted molar refractivity (Wildman–Crippen MR) is 88.2 cm³/mol. The van der Waals surface area contributed by atoms with E-state index in [1.807, 2.05) is 24.4 Å². The summed E-state index contributed by atoms with van der Waals surface area (Å²) in [7, 11) is 0. The zero-order valence-corrected chi connectivity index (χ0v) is 12.6. The van der Waals surface area contributed by atoms with Gasteiger partial charge in [-0.15, -0.1) is 0 Å². The smallest absolute Gasteiger partial charge is 0.140 e. The van der Waals surface area contributed by atoms with Crippen LogP contribution in [0.1, 0.15) is 0 Å². The van der Waals surface area contributed by atoms with Gasteiger partial charge in [-0.3, -0.25) is 0 Å². The van der Waals surface area contributed by atoms with Gasteiger partial charge in [-0.05, 0) is 24.3 Å². The van der Waals surface area contributed by atoms with Crippen molar-refractivity contribution in [2.24, 2.45) is 0 Å². The largest absolute Gasteiger partial charge is 0.353 e. The Labute approximate surface area is 133 Å². The molecular formula is C17H16FN5. The van der Waals surface area contributed by atoms with Crippen molar-refractivity contribution in [1.29, 1.82) is 0 Å². The Bertz CT molecular complexity index is 816. The third-order valence-corrected chi connectivity index (χ3v) is 4.13. The SMILES string of the molecule is Fc1ccc2c(N3CCN(c4ccccn4)CC3)ncnc2c1. The number of benzene rings is 1. The maximum Gasteiger partial charge on any atom is 0.140 e. The zero-order chi connectivity index (χ0) is 15.6. The number of pyridine rings is 1. The Morgan fingerprint density at radius 3 is 2.48 bits per heavy atom. The summed E-state index contributed by atoms with van der Waals surface area (Å²) in [6.07, 6.45) is 3.32. The van der Waals surface area contributed by atoms with Gasteiger partial charge in [0.25, 0.3) is 0 Å². The van der Waals surface area contributed by atoms with Crippen molar-refractivity contribution in [2.45, 2.75) is 0 Å². The summed E-state index contributed by atoms with van der Waals surface area (Å²) >= 11 is 0. The summed E-state index contributed by atoms with van der Waals surface area (Å²) in [6.45, 7) is 3.45. The second-order valence-corrected chi connectivity index (χ2v) is 5.52. The maximum absolute atomic E-state index is 13.4. The molecule has 0 amide bonds. The van der Waals surface area contributed by atoms with Crippen LogP contribution in [0.4, 0.5) is 16.0 Å². The maximum atomic E-state index is 13.4. The van der Waals surface area contributed by atoms with E-state index < -0.39 is 0 Å². The first-order valence-electron chi connectivity index (χ1n) is 7.62. The number of aromatic nitrogens is 3. The van der Waals surface area contributed by atoms with E-state index in [4.69, 9.17) is 0 Å². The molecule has 0 bridgehead atoms. The van der Waals surface area contributed by atoms with E-state index >= 15 is 0 Å². The fourth-order valence-corrected chi connectivity index (χ4v) is 2.96. The summed E-state index contributed by atoms with van der Waals surface area (Å²) in [4.78, 5) is 17.5. The second kappa shape index (κ2) is 5.79. The monoisotopic (exact) mass is 309 g/mol. The number of hydrogen-bond acceptors (Lipinski definition) is 5. The Kier molecular flexibility index (Phi) is 3.49. The van der Waals surface area contributed by atoms with Crippen LogP contribution in [0.15, 0.2) is 48.9 Å². The number of hydrogen-bond donors (Lipinski definition) is 0. The Hall–Kier alpha value is -2.76. The molecule has 0 N–H and O–H groups in total. The molecule has 0 aliphatic carbocycles. The van der Waals surface area contributed by atoms with E-state index in [1.165, 1.54) is 18.5 Å². The Balaban J connectivity index is 1.57. The lowest BCUT2D eigenvalue weighted by Crippen LogP contribution is -2.47. The molecule has 1 aliphatic heterocycles. The highest BCUT2D eigenvalue weighted by atomic mass is 19.1. The summed E-state index contributed by atoms with van der Waals surface area (Å²) in [5, 5.41) is 0.889. The van der Waals surface area contributed by atoms with E-state index in [1.54, 1.807) is 6.07 Å². The van der Waals surface area contributed by atoms with Crippen LogP contribution in [0, 0.1) is 5.82 Å². The van der Waals surface area contributed by atoms with Crippen LogP contribution in [0.2, 0.25) is 0 Å². The lowest BCUT2D eigenvalue weighted by atomic mass is 10.2. The third kappa shape index (κ3) is 2.67. The quantitative estimate of drug-likeness (QED) is 0.728. The molecular weight excluding hydrogens is 293 g/mol. The lowest BCUT2D eigenvalue weighted by Gasteiger charge is -2.36. The minimum atomic E-state index is -0.276. The van der Waals surface area contributed by atoms with Crippen LogP contribution < -0.4 is 9.80 Å². The van der Waals surface area contributed by atoms with E-state index in [0.717, 1.165) is 43.2 Å². The number of anilines is 2. The zero-order valence-electron chi connectivity index (χ0n) is 12.6. The fourth-order valence-electron chi connectivity index (χ4n) is 2.96. The molecule has 23 heavy (non-hydrogen) atoms. The summed E-state index contributed by atoms with van der Waals surface area (Å²) in [5.41, 5.74) is 0.641. The highest BCUT2D eigenvalue weighted by molar-refractivity contribution is 5.89. The van der Waals surface area contributed by atoms with Gasteiger partial charge >= 0.3 is 0 Å². The predicted octanol–water partition coefficient (Wildman–Crippen LogP) is 2.49. The number of rotatable bonds is 2. The van der Waals surface area contributed by atoms with Gasteiger partial charge in [0.15, 0.2) is 0 Å². The average Bonchev–Trinajstić information content (AvgIpc) is 2.62. The fraction of sp³-hybridized carbons (Fsp3) is 0.235. The van der Waals surface area contributed by atoms with Crippen molar-refractivity contribution >= 4 is 22.5 Å². The minimum Gasteiger partial charge on any atom is -0.353 e. The van der Waals surface area contributed by atoms with Crippen molar-refractivity contribution in [1.82, 2.24) is 15.0 Å². The van der Waals surface area contributed by atoms with Gasteiger partial charge in [-0.25, -0.2) is 19.3 Å². The van der Waals surface area contributed by atoms with Gasteiger partial charge in [0, 0.05) is 43.8 Å². The van der Waals surface area contributed by atoms with Crippen LogP contribution in [0.3, 0.4) is 0 Å². The number of piperazine rings is 1. The second-order valence-electron chi connectivity index (χ2n) is 5.52. The molecule has 1 fully saturated rings. The third-order valence-electron chi connectivity index (χ3n) is 4.13. The molecule has 5 nitrogen and oxygen atoms in total. The van der Waals surface area contributed by atoms with Crippen LogP contribution in [0.5, 0.6) is 0 Å². The van der Waals surface area contributed by atoms with E-state index in [2.05, 4.69) is 24.8 Å². The molecule has 0 radical (unpaired) electrons. The summed E-state index contributed by atoms with van der Waals surface area (Å²) in [6, 6.07) is 10.6. The molecule has 116 valence electrons. The van der Waals surface area contributed by atoms with Crippen molar-refractivity contribution in [3.8, 4) is 0 Å². The summed E-state index contributed by atoms with van der Waals surface area (Å²) in [5.74, 6) is 1.60. The van der Waals surface area contributed by atoms with Crippen LogP contribution >= 0.6 is 0 Å². The van der Waals surface area contributed by atoms with E-state index in [9.17, 15) is 4.39 Å². The standard InChI is InChI=1S/C17H16FN5/c18-13-4-5-14-15(11-13)20-12-21-17(14)23-9-7-22(8-10-23)16-3-1-2-6-19-16/h1-6,11-12H,7-10H2. The Morgan fingerprint density at radius 1 is 0.870 bits per heavy atom. The molecule has 4 rings (SSSR count). The molecule has 0 spiro atoms. The molecule has 0 saturated carbocycles. The van der Waals surface area contributed by atoms with E-state index in [-0.39, 0.29) is 5.82 Å². The molecule has 3 heterocycles. The molecule has 1 aromatic carbocycles. The van der Waals surface area contributed by atoms with Crippen LogP contribution in [0.25, 0.3) is 10.9 Å². The highest BCUT2D eigenvalue weighted by Crippen LogP contribution is 2.25. The molecule has 1 saturated heterocycles. The molecule has 2 aromatic heterocycles. The van der Waals surface area contributed by atoms with Crippen molar-refractivity contribution in [2.75, 3.05) is 36.0 Å². The van der Waals surface area contributed by atoms with Crippen molar-refractivity contribution in [3.05, 3.63) is 54.7 Å². The number of nitrogens with zero attached hydrogens (tertiary/aromatic N) is 5. The van der Waals surface area contributed by atoms with Crippen molar-refractivity contribution < 1.29 is 4.39 Å². The van der Waals surface area contributed by atoms with Gasteiger partial charge < -0.3 is 9.80 Å². The first kappa shape index (κ1) is 13.9. The molecule has 1 aliphatic rings. The van der Waals surface area contributed by atoms with Gasteiger partial charge in [-0.2, -0.15) is 0 Å². The Morgan fingerprint density at radius 2 is 1.70 bits per heavy atom. The average molecular weight is 309 g/mol. The van der Waals surface area contributed by atoms with Gasteiger partial charge in [0.05, 0.1) is 5.52 Å². The topological polar surface area (TPSA) is 45.2 Å². The minimum absolute atomic E-state index is 0.276. The lowest BCUT2D eigenvalue weighted by molar-refractivity contribution is 0.628. The highest BCUT2D eigenvalue weighted by Gasteiger charge is 2.20. The van der Waals surface area contributed by atoms with Gasteiger partial charge in [-0.1, -0.05) is 6.07 Å². The van der Waals surface area contributed by atoms with Crippen LogP contribution in [-0.4, -0.2) is 41.1 Å². The van der Waals surface area contributed by atoms with E-state index in [0.29, 0.717) is 5.52 Å². The molecule has 6 heteroatoms.